The molecule has 0 radical (unpaired) electrons. The molecule has 0 heteroatoms. The third-order valence-electron chi connectivity index (χ3n) is 2.13. The molecule has 1 rings (SSSR count). The van der Waals surface area contributed by atoms with Crippen molar-refractivity contribution in [1.29, 1.82) is 0 Å². The first kappa shape index (κ1) is 6.85. The predicted molar refractivity (Wildman–Crippen MR) is 41.3 cm³/mol. The molecule has 0 fully saturated rings. The van der Waals surface area contributed by atoms with Crippen molar-refractivity contribution >= 4 is 0 Å². The van der Waals surface area contributed by atoms with Crippen molar-refractivity contribution in [3.05, 3.63) is 12.2 Å². The number of hydrogen-bond acceptors (Lipinski definition) is 0. The van der Waals surface area contributed by atoms with Crippen molar-refractivity contribution in [3.8, 4) is 0 Å². The van der Waals surface area contributed by atoms with Crippen molar-refractivity contribution in [1.82, 2.24) is 0 Å². The summed E-state index contributed by atoms with van der Waals surface area (Å²) in [5, 5.41) is 0. The van der Waals surface area contributed by atoms with Crippen LogP contribution in [0.25, 0.3) is 0 Å². The van der Waals surface area contributed by atoms with Gasteiger partial charge in [0, 0.05) is 0 Å². The van der Waals surface area contributed by atoms with E-state index < -0.39 is 0 Å². The second-order valence-electron chi connectivity index (χ2n) is 3.98. The molecule has 0 amide bonds. The van der Waals surface area contributed by atoms with Gasteiger partial charge in [-0.15, -0.1) is 0 Å². The highest BCUT2D eigenvalue weighted by atomic mass is 14.3. The van der Waals surface area contributed by atoms with Crippen LogP contribution in [-0.4, -0.2) is 0 Å². The molecule has 0 saturated heterocycles. The second kappa shape index (κ2) is 2.17. The van der Waals surface area contributed by atoms with E-state index in [1.165, 1.54) is 12.8 Å². The molecule has 0 N–H and O–H groups in total. The van der Waals surface area contributed by atoms with Crippen LogP contribution in [0.4, 0.5) is 0 Å². The van der Waals surface area contributed by atoms with Gasteiger partial charge in [-0.1, -0.05) is 32.9 Å². The average molecular weight is 124 g/mol. The van der Waals surface area contributed by atoms with E-state index in [1.54, 1.807) is 0 Å². The maximum absolute atomic E-state index is 2.36. The molecule has 0 spiro atoms. The summed E-state index contributed by atoms with van der Waals surface area (Å²) in [4.78, 5) is 0. The summed E-state index contributed by atoms with van der Waals surface area (Å²) in [6.07, 6.45) is 7.32. The molecular weight excluding hydrogens is 108 g/mol. The SMILES string of the molecule is CC(C)(C)C1C=CCC1. The molecule has 9 heavy (non-hydrogen) atoms. The molecule has 52 valence electrons. The molecule has 0 aliphatic heterocycles. The highest BCUT2D eigenvalue weighted by Crippen LogP contribution is 2.34. The van der Waals surface area contributed by atoms with Gasteiger partial charge in [0.2, 0.25) is 0 Å². The lowest BCUT2D eigenvalue weighted by Gasteiger charge is -2.24. The third kappa shape index (κ3) is 1.57. The largest absolute Gasteiger partial charge is 0.0882 e. The van der Waals surface area contributed by atoms with E-state index in [4.69, 9.17) is 0 Å². The van der Waals surface area contributed by atoms with Gasteiger partial charge in [-0.25, -0.2) is 0 Å². The summed E-state index contributed by atoms with van der Waals surface area (Å²) < 4.78 is 0. The van der Waals surface area contributed by atoms with Gasteiger partial charge in [-0.05, 0) is 24.2 Å². The zero-order chi connectivity index (χ0) is 6.91. The fraction of sp³-hybridized carbons (Fsp3) is 0.778. The minimum absolute atomic E-state index is 0.493. The topological polar surface area (TPSA) is 0 Å². The van der Waals surface area contributed by atoms with Gasteiger partial charge in [0.15, 0.2) is 0 Å². The molecule has 1 unspecified atom stereocenters. The normalized spacial score (nSPS) is 27.2. The lowest BCUT2D eigenvalue weighted by atomic mass is 9.81. The molecule has 1 aliphatic carbocycles. The standard InChI is InChI=1S/C9H16/c1-9(2,3)8-6-4-5-7-8/h4,6,8H,5,7H2,1-3H3. The van der Waals surface area contributed by atoms with E-state index in [0.717, 1.165) is 5.92 Å². The molecule has 0 nitrogen and oxygen atoms in total. The number of allylic oxidation sites excluding steroid dienone is 2. The van der Waals surface area contributed by atoms with Crippen molar-refractivity contribution < 1.29 is 0 Å². The van der Waals surface area contributed by atoms with Crippen LogP contribution >= 0.6 is 0 Å². The highest BCUT2D eigenvalue weighted by molar-refractivity contribution is 5.00. The van der Waals surface area contributed by atoms with Crippen molar-refractivity contribution in [2.24, 2.45) is 11.3 Å². The Balaban J connectivity index is 2.53. The van der Waals surface area contributed by atoms with Crippen LogP contribution in [-0.2, 0) is 0 Å². The van der Waals surface area contributed by atoms with Gasteiger partial charge in [0.1, 0.15) is 0 Å². The molecule has 0 aromatic carbocycles. The summed E-state index contributed by atoms with van der Waals surface area (Å²) in [6, 6.07) is 0. The maximum atomic E-state index is 2.36. The van der Waals surface area contributed by atoms with Gasteiger partial charge in [-0.2, -0.15) is 0 Å². The van der Waals surface area contributed by atoms with Crippen LogP contribution in [0, 0.1) is 11.3 Å². The van der Waals surface area contributed by atoms with E-state index in [9.17, 15) is 0 Å². The Bertz CT molecular complexity index is 114. The zero-order valence-electron chi connectivity index (χ0n) is 6.65. The summed E-state index contributed by atoms with van der Waals surface area (Å²) in [6.45, 7) is 6.94. The van der Waals surface area contributed by atoms with Gasteiger partial charge in [0.25, 0.3) is 0 Å². The lowest BCUT2D eigenvalue weighted by molar-refractivity contribution is 0.290. The van der Waals surface area contributed by atoms with Gasteiger partial charge >= 0.3 is 0 Å². The van der Waals surface area contributed by atoms with Gasteiger partial charge in [0.05, 0.1) is 0 Å². The Morgan fingerprint density at radius 3 is 2.22 bits per heavy atom. The first-order chi connectivity index (χ1) is 4.11. The molecule has 0 aromatic heterocycles. The Hall–Kier alpha value is -0.260. The molecule has 0 aromatic rings. The van der Waals surface area contributed by atoms with Gasteiger partial charge < -0.3 is 0 Å². The first-order valence-electron chi connectivity index (χ1n) is 3.77. The smallest absolute Gasteiger partial charge is 0.0182 e. The Kier molecular flexibility index (Phi) is 1.65. The zero-order valence-corrected chi connectivity index (χ0v) is 6.65. The predicted octanol–water partition coefficient (Wildman–Crippen LogP) is 3.00. The minimum atomic E-state index is 0.493. The maximum Gasteiger partial charge on any atom is -0.0182 e. The van der Waals surface area contributed by atoms with Crippen molar-refractivity contribution in [2.75, 3.05) is 0 Å². The molecule has 1 aliphatic rings. The summed E-state index contributed by atoms with van der Waals surface area (Å²) >= 11 is 0. The van der Waals surface area contributed by atoms with E-state index in [1.807, 2.05) is 0 Å². The Labute approximate surface area is 58.0 Å². The second-order valence-corrected chi connectivity index (χ2v) is 3.98. The summed E-state index contributed by atoms with van der Waals surface area (Å²) in [5.41, 5.74) is 0.493. The average Bonchev–Trinajstić information content (AvgIpc) is 2.08. The highest BCUT2D eigenvalue weighted by Gasteiger charge is 2.23. The fourth-order valence-corrected chi connectivity index (χ4v) is 1.35. The Morgan fingerprint density at radius 1 is 1.33 bits per heavy atom. The third-order valence-corrected chi connectivity index (χ3v) is 2.13. The van der Waals surface area contributed by atoms with Crippen LogP contribution in [0.3, 0.4) is 0 Å². The van der Waals surface area contributed by atoms with Crippen LogP contribution in [0.1, 0.15) is 33.6 Å². The van der Waals surface area contributed by atoms with E-state index in [2.05, 4.69) is 32.9 Å². The summed E-state index contributed by atoms with van der Waals surface area (Å²) in [7, 11) is 0. The van der Waals surface area contributed by atoms with Crippen LogP contribution < -0.4 is 0 Å². The van der Waals surface area contributed by atoms with E-state index in [-0.39, 0.29) is 0 Å². The van der Waals surface area contributed by atoms with Crippen LogP contribution in [0.15, 0.2) is 12.2 Å². The van der Waals surface area contributed by atoms with Crippen molar-refractivity contribution in [2.45, 2.75) is 33.6 Å². The van der Waals surface area contributed by atoms with E-state index in [0.29, 0.717) is 5.41 Å². The molecule has 1 atom stereocenters. The molecular formula is C9H16. The monoisotopic (exact) mass is 124 g/mol. The Morgan fingerprint density at radius 2 is 2.00 bits per heavy atom. The van der Waals surface area contributed by atoms with Crippen LogP contribution in [0.5, 0.6) is 0 Å². The molecule has 0 heterocycles. The number of rotatable bonds is 0. The lowest BCUT2D eigenvalue weighted by Crippen LogP contribution is -2.15. The molecule has 0 saturated carbocycles. The van der Waals surface area contributed by atoms with E-state index >= 15 is 0 Å². The van der Waals surface area contributed by atoms with Gasteiger partial charge in [-0.3, -0.25) is 0 Å². The molecule has 0 bridgehead atoms. The number of hydrogen-bond donors (Lipinski definition) is 0. The fourth-order valence-electron chi connectivity index (χ4n) is 1.35. The van der Waals surface area contributed by atoms with Crippen LogP contribution in [0.2, 0.25) is 0 Å². The first-order valence-corrected chi connectivity index (χ1v) is 3.77. The summed E-state index contributed by atoms with van der Waals surface area (Å²) in [5.74, 6) is 0.831. The van der Waals surface area contributed by atoms with Crippen molar-refractivity contribution in [3.63, 3.8) is 0 Å². The minimum Gasteiger partial charge on any atom is -0.0882 e. The quantitative estimate of drug-likeness (QED) is 0.435.